The first-order valence-electron chi connectivity index (χ1n) is 10.8. The molecule has 1 N–H and O–H groups in total. The number of hydrogen-bond donors (Lipinski definition) is 1. The molecule has 0 aliphatic carbocycles. The maximum atomic E-state index is 13.3. The molecule has 0 aromatic heterocycles. The molecule has 3 aromatic carbocycles. The highest BCUT2D eigenvalue weighted by Gasteiger charge is 2.36. The van der Waals surface area contributed by atoms with Crippen molar-refractivity contribution in [1.29, 1.82) is 0 Å². The predicted octanol–water partition coefficient (Wildman–Crippen LogP) is 6.40. The van der Waals surface area contributed by atoms with Crippen LogP contribution in [-0.2, 0) is 16.2 Å². The molecule has 4 rings (SSSR count). The summed E-state index contributed by atoms with van der Waals surface area (Å²) in [4.78, 5) is 38.5. The van der Waals surface area contributed by atoms with Crippen molar-refractivity contribution in [3.05, 3.63) is 92.6 Å². The summed E-state index contributed by atoms with van der Waals surface area (Å²) in [5.74, 6) is -0.869. The van der Waals surface area contributed by atoms with E-state index in [1.807, 2.05) is 0 Å². The summed E-state index contributed by atoms with van der Waals surface area (Å²) in [5, 5.41) is 2.75. The number of nitrogens with zero attached hydrogens (tertiary/aromatic N) is 1. The maximum Gasteiger partial charge on any atom is 0.294 e. The van der Waals surface area contributed by atoms with E-state index in [2.05, 4.69) is 5.32 Å². The van der Waals surface area contributed by atoms with Crippen LogP contribution in [0.2, 0.25) is 10.0 Å². The van der Waals surface area contributed by atoms with Gasteiger partial charge in [-0.15, -0.1) is 0 Å². The summed E-state index contributed by atoms with van der Waals surface area (Å²) >= 11 is 12.7. The van der Waals surface area contributed by atoms with Crippen molar-refractivity contribution in [2.45, 2.75) is 6.61 Å². The molecular formula is C26H19Cl2FN2O5S. The van der Waals surface area contributed by atoms with E-state index in [0.717, 1.165) is 28.3 Å². The summed E-state index contributed by atoms with van der Waals surface area (Å²) < 4.78 is 24.6. The molecule has 0 unspecified atom stereocenters. The fourth-order valence-electron chi connectivity index (χ4n) is 3.38. The minimum atomic E-state index is -0.626. The largest absolute Gasteiger partial charge is 0.493 e. The Hall–Kier alpha value is -3.53. The van der Waals surface area contributed by atoms with E-state index in [-0.39, 0.29) is 17.2 Å². The maximum absolute atomic E-state index is 13.3. The number of benzene rings is 3. The molecular weight excluding hydrogens is 542 g/mol. The number of halogens is 3. The van der Waals surface area contributed by atoms with E-state index in [4.69, 9.17) is 32.7 Å². The number of carbonyl (C=O) groups is 3. The van der Waals surface area contributed by atoms with E-state index < -0.39 is 29.4 Å². The Morgan fingerprint density at radius 1 is 1.05 bits per heavy atom. The lowest BCUT2D eigenvalue weighted by Gasteiger charge is -2.13. The van der Waals surface area contributed by atoms with Crippen molar-refractivity contribution in [3.63, 3.8) is 0 Å². The van der Waals surface area contributed by atoms with Crippen LogP contribution >= 0.6 is 35.0 Å². The van der Waals surface area contributed by atoms with Crippen LogP contribution in [0.15, 0.2) is 65.6 Å². The monoisotopic (exact) mass is 560 g/mol. The molecule has 0 radical (unpaired) electrons. The topological polar surface area (TPSA) is 84.9 Å². The van der Waals surface area contributed by atoms with Crippen LogP contribution in [0.1, 0.15) is 11.1 Å². The first-order valence-corrected chi connectivity index (χ1v) is 12.4. The van der Waals surface area contributed by atoms with Gasteiger partial charge < -0.3 is 14.8 Å². The van der Waals surface area contributed by atoms with Gasteiger partial charge in [0.15, 0.2) is 11.5 Å². The van der Waals surface area contributed by atoms with Crippen LogP contribution in [0.25, 0.3) is 6.08 Å². The summed E-state index contributed by atoms with van der Waals surface area (Å²) in [7, 11) is 1.48. The highest BCUT2D eigenvalue weighted by molar-refractivity contribution is 8.18. The number of carbonyl (C=O) groups excluding carboxylic acids is 3. The molecule has 0 spiro atoms. The molecule has 3 amide bonds. The third-order valence-electron chi connectivity index (χ3n) is 5.15. The van der Waals surface area contributed by atoms with Crippen LogP contribution in [0, 0.1) is 5.82 Å². The van der Waals surface area contributed by atoms with E-state index >= 15 is 0 Å². The summed E-state index contributed by atoms with van der Waals surface area (Å²) in [6, 6.07) is 15.5. The number of thioether (sulfide) groups is 1. The molecule has 7 nitrogen and oxygen atoms in total. The Morgan fingerprint density at radius 2 is 1.86 bits per heavy atom. The summed E-state index contributed by atoms with van der Waals surface area (Å²) in [6.45, 7) is -0.271. The van der Waals surface area contributed by atoms with Gasteiger partial charge in [-0.05, 0) is 71.4 Å². The van der Waals surface area contributed by atoms with Gasteiger partial charge in [-0.25, -0.2) is 4.39 Å². The lowest BCUT2D eigenvalue weighted by atomic mass is 10.1. The fourth-order valence-corrected chi connectivity index (χ4v) is 4.54. The van der Waals surface area contributed by atoms with Gasteiger partial charge in [0.05, 0.1) is 22.1 Å². The molecule has 3 aromatic rings. The second-order valence-electron chi connectivity index (χ2n) is 7.77. The minimum absolute atomic E-state index is 0.148. The Labute approximate surface area is 226 Å². The quantitative estimate of drug-likeness (QED) is 0.321. The van der Waals surface area contributed by atoms with Crippen molar-refractivity contribution in [2.24, 2.45) is 0 Å². The van der Waals surface area contributed by atoms with Crippen molar-refractivity contribution in [2.75, 3.05) is 19.0 Å². The Kier molecular flexibility index (Phi) is 8.38. The molecule has 1 aliphatic rings. The molecule has 1 aliphatic heterocycles. The van der Waals surface area contributed by atoms with Crippen LogP contribution < -0.4 is 14.8 Å². The first kappa shape index (κ1) is 26.5. The third-order valence-corrected chi connectivity index (χ3v) is 6.79. The molecule has 1 saturated heterocycles. The fraction of sp³-hybridized carbons (Fsp3) is 0.115. The number of rotatable bonds is 8. The van der Waals surface area contributed by atoms with E-state index in [9.17, 15) is 18.8 Å². The van der Waals surface area contributed by atoms with E-state index in [1.54, 1.807) is 36.4 Å². The Balaban J connectivity index is 1.43. The number of imide groups is 1. The zero-order valence-electron chi connectivity index (χ0n) is 19.3. The number of nitrogens with one attached hydrogen (secondary N) is 1. The zero-order chi connectivity index (χ0) is 26.5. The van der Waals surface area contributed by atoms with Crippen LogP contribution in [0.3, 0.4) is 0 Å². The average Bonchev–Trinajstić information content (AvgIpc) is 3.12. The van der Waals surface area contributed by atoms with Gasteiger partial charge in [-0.1, -0.05) is 41.4 Å². The summed E-state index contributed by atoms with van der Waals surface area (Å²) in [6.07, 6.45) is 1.53. The average molecular weight is 561 g/mol. The van der Waals surface area contributed by atoms with Gasteiger partial charge in [0.25, 0.3) is 11.1 Å². The van der Waals surface area contributed by atoms with Crippen molar-refractivity contribution in [3.8, 4) is 11.5 Å². The molecule has 1 heterocycles. The lowest BCUT2D eigenvalue weighted by Crippen LogP contribution is -2.36. The van der Waals surface area contributed by atoms with E-state index in [0.29, 0.717) is 27.1 Å². The molecule has 190 valence electrons. The van der Waals surface area contributed by atoms with Gasteiger partial charge in [0.1, 0.15) is 19.0 Å². The van der Waals surface area contributed by atoms with Gasteiger partial charge in [0, 0.05) is 5.69 Å². The molecule has 0 saturated carbocycles. The second-order valence-corrected chi connectivity index (χ2v) is 9.58. The predicted molar refractivity (Wildman–Crippen MR) is 141 cm³/mol. The first-order chi connectivity index (χ1) is 17.7. The summed E-state index contributed by atoms with van der Waals surface area (Å²) in [5.41, 5.74) is 1.63. The Bertz CT molecular complexity index is 1420. The van der Waals surface area contributed by atoms with Crippen molar-refractivity contribution in [1.82, 2.24) is 4.90 Å². The van der Waals surface area contributed by atoms with Gasteiger partial charge in [-0.3, -0.25) is 19.3 Å². The highest BCUT2D eigenvalue weighted by atomic mass is 35.5. The van der Waals surface area contributed by atoms with Crippen LogP contribution in [0.5, 0.6) is 11.5 Å². The number of ether oxygens (including phenoxy) is 2. The minimum Gasteiger partial charge on any atom is -0.493 e. The number of methoxy groups -OCH3 is 1. The van der Waals surface area contributed by atoms with Gasteiger partial charge in [-0.2, -0.15) is 0 Å². The van der Waals surface area contributed by atoms with E-state index in [1.165, 1.54) is 31.4 Å². The molecule has 11 heteroatoms. The molecule has 37 heavy (non-hydrogen) atoms. The van der Waals surface area contributed by atoms with Crippen LogP contribution in [0.4, 0.5) is 14.9 Å². The number of amides is 3. The van der Waals surface area contributed by atoms with Gasteiger partial charge >= 0.3 is 0 Å². The van der Waals surface area contributed by atoms with Crippen molar-refractivity contribution >= 4 is 63.8 Å². The molecule has 0 atom stereocenters. The molecule has 0 bridgehead atoms. The van der Waals surface area contributed by atoms with Gasteiger partial charge in [0.2, 0.25) is 5.91 Å². The lowest BCUT2D eigenvalue weighted by molar-refractivity contribution is -0.127. The second kappa shape index (κ2) is 11.7. The standard InChI is InChI=1S/C26H19Cl2FN2O5S/c1-35-22-10-15(6-8-21(22)36-14-16-5-7-19(27)20(28)9-16)11-23-25(33)31(26(34)37-23)13-24(32)30-18-4-2-3-17(29)12-18/h2-12H,13-14H2,1H3,(H,30,32)/b23-11+. The van der Waals surface area contributed by atoms with Crippen molar-refractivity contribution < 1.29 is 28.2 Å². The van der Waals surface area contributed by atoms with Crippen LogP contribution in [-0.4, -0.2) is 35.6 Å². The smallest absolute Gasteiger partial charge is 0.294 e. The Morgan fingerprint density at radius 3 is 2.59 bits per heavy atom. The highest BCUT2D eigenvalue weighted by Crippen LogP contribution is 2.35. The SMILES string of the molecule is COc1cc(/C=C2/SC(=O)N(CC(=O)Nc3cccc(F)c3)C2=O)ccc1OCc1ccc(Cl)c(Cl)c1. The number of hydrogen-bond acceptors (Lipinski definition) is 6. The zero-order valence-corrected chi connectivity index (χ0v) is 21.6. The molecule has 1 fully saturated rings. The number of anilines is 1. The normalized spacial score (nSPS) is 14.3. The third kappa shape index (κ3) is 6.62.